The first-order valence-electron chi connectivity index (χ1n) is 15.0. The van der Waals surface area contributed by atoms with Crippen LogP contribution in [0.15, 0.2) is 24.4 Å². The molecule has 0 radical (unpaired) electrons. The van der Waals surface area contributed by atoms with E-state index in [-0.39, 0.29) is 59.9 Å². The van der Waals surface area contributed by atoms with Crippen molar-refractivity contribution in [1.29, 1.82) is 0 Å². The van der Waals surface area contributed by atoms with Gasteiger partial charge in [-0.05, 0) is 38.0 Å². The van der Waals surface area contributed by atoms with Crippen molar-refractivity contribution >= 4 is 40.0 Å². The maximum absolute atomic E-state index is 16.9. The van der Waals surface area contributed by atoms with Crippen LogP contribution in [0, 0.1) is 12.7 Å². The number of hydrogen-bond donors (Lipinski definition) is 2. The third-order valence-corrected chi connectivity index (χ3v) is 9.70. The third-order valence-electron chi connectivity index (χ3n) is 9.34. The van der Waals surface area contributed by atoms with E-state index in [9.17, 15) is 22.0 Å². The van der Waals surface area contributed by atoms with E-state index in [0.29, 0.717) is 18.5 Å². The maximum Gasteiger partial charge on any atom is 0.418 e. The number of pyridine rings is 2. The Morgan fingerprint density at radius 3 is 2.60 bits per heavy atom. The molecule has 0 unspecified atom stereocenters. The van der Waals surface area contributed by atoms with E-state index in [1.165, 1.54) is 13.1 Å². The molecule has 7 rings (SSSR count). The number of hydrogen-bond acceptors (Lipinski definition) is 10. The number of nitrogens with two attached hydrogens (primary N) is 2. The fourth-order valence-electron chi connectivity index (χ4n) is 7.03. The van der Waals surface area contributed by atoms with Gasteiger partial charge in [-0.25, -0.2) is 23.1 Å². The van der Waals surface area contributed by atoms with Gasteiger partial charge >= 0.3 is 12.2 Å². The van der Waals surface area contributed by atoms with E-state index in [1.807, 2.05) is 0 Å². The number of nitrogens with zero attached hydrogens (tertiary/aromatic N) is 6. The van der Waals surface area contributed by atoms with Gasteiger partial charge in [-0.15, -0.1) is 0 Å². The second kappa shape index (κ2) is 11.1. The van der Waals surface area contributed by atoms with Gasteiger partial charge in [0, 0.05) is 24.7 Å². The molecule has 3 aliphatic rings. The summed E-state index contributed by atoms with van der Waals surface area (Å²) in [5.41, 5.74) is 8.08. The van der Waals surface area contributed by atoms with E-state index >= 15 is 4.39 Å². The molecule has 3 aliphatic heterocycles. The fraction of sp³-hybridized carbons (Fsp3) is 0.419. The van der Waals surface area contributed by atoms with Gasteiger partial charge < -0.3 is 25.8 Å². The van der Waals surface area contributed by atoms with Gasteiger partial charge in [0.2, 0.25) is 0 Å². The number of aromatic nitrogens is 4. The van der Waals surface area contributed by atoms with Gasteiger partial charge in [0.05, 0.1) is 51.9 Å². The normalized spacial score (nSPS) is 21.0. The maximum atomic E-state index is 16.9. The van der Waals surface area contributed by atoms with E-state index in [0.717, 1.165) is 6.07 Å². The van der Waals surface area contributed by atoms with Crippen LogP contribution in [0.4, 0.5) is 43.8 Å². The van der Waals surface area contributed by atoms with Crippen LogP contribution in [0.25, 0.3) is 22.2 Å². The van der Waals surface area contributed by atoms with Crippen LogP contribution in [0.1, 0.15) is 42.5 Å². The van der Waals surface area contributed by atoms with Crippen molar-refractivity contribution in [3.8, 4) is 23.0 Å². The summed E-state index contributed by atoms with van der Waals surface area (Å²) < 4.78 is 101. The molecule has 17 heteroatoms. The molecule has 2 fully saturated rings. The Labute approximate surface area is 275 Å². The predicted octanol–water partition coefficient (Wildman–Crippen LogP) is 6.19. The zero-order valence-electron chi connectivity index (χ0n) is 25.6. The van der Waals surface area contributed by atoms with Gasteiger partial charge in [-0.3, -0.25) is 4.90 Å². The zero-order valence-corrected chi connectivity index (χ0v) is 26.4. The number of anilines is 3. The van der Waals surface area contributed by atoms with Crippen molar-refractivity contribution in [2.75, 3.05) is 49.2 Å². The van der Waals surface area contributed by atoms with Crippen LogP contribution in [0.5, 0.6) is 11.8 Å². The Morgan fingerprint density at radius 2 is 1.94 bits per heavy atom. The summed E-state index contributed by atoms with van der Waals surface area (Å²) in [5, 5.41) is -0.528. The first-order valence-corrected chi connectivity index (χ1v) is 15.4. The largest absolute Gasteiger partial charge is 0.489 e. The molecule has 6 heterocycles. The van der Waals surface area contributed by atoms with E-state index < -0.39 is 69.8 Å². The van der Waals surface area contributed by atoms with Crippen LogP contribution in [0.3, 0.4) is 0 Å². The molecule has 2 atom stereocenters. The molecule has 0 saturated carbocycles. The first kappa shape index (κ1) is 32.2. The molecule has 1 aromatic carbocycles. The third kappa shape index (κ3) is 5.16. The molecule has 0 spiro atoms. The van der Waals surface area contributed by atoms with Crippen molar-refractivity contribution in [3.05, 3.63) is 51.9 Å². The second-order valence-electron chi connectivity index (χ2n) is 12.4. The molecule has 0 amide bonds. The summed E-state index contributed by atoms with van der Waals surface area (Å²) in [6, 6.07) is 3.55. The van der Waals surface area contributed by atoms with Gasteiger partial charge in [0.15, 0.2) is 11.6 Å². The lowest BCUT2D eigenvalue weighted by Gasteiger charge is -2.46. The lowest BCUT2D eigenvalue weighted by atomic mass is 9.85. The van der Waals surface area contributed by atoms with Crippen molar-refractivity contribution in [2.45, 2.75) is 50.4 Å². The average Bonchev–Trinajstić information content (AvgIpc) is 3.10. The highest BCUT2D eigenvalue weighted by Gasteiger charge is 2.60. The number of rotatable bonds is 6. The van der Waals surface area contributed by atoms with Crippen LogP contribution >= 0.6 is 11.6 Å². The van der Waals surface area contributed by atoms with E-state index in [2.05, 4.69) is 19.9 Å². The Morgan fingerprint density at radius 1 is 1.17 bits per heavy atom. The second-order valence-corrected chi connectivity index (χ2v) is 12.8. The Kier molecular flexibility index (Phi) is 7.47. The monoisotopic (exact) mass is 694 g/mol. The number of halogens is 7. The van der Waals surface area contributed by atoms with Crippen LogP contribution < -0.4 is 25.8 Å². The predicted molar refractivity (Wildman–Crippen MR) is 166 cm³/mol. The summed E-state index contributed by atoms with van der Waals surface area (Å²) in [6.45, 7) is 2.89. The van der Waals surface area contributed by atoms with E-state index in [4.69, 9.17) is 32.5 Å². The summed E-state index contributed by atoms with van der Waals surface area (Å²) in [7, 11) is 0. The van der Waals surface area contributed by atoms with Gasteiger partial charge in [-0.2, -0.15) is 23.1 Å². The minimum absolute atomic E-state index is 0.0366. The number of ether oxygens (including phenoxy) is 2. The van der Waals surface area contributed by atoms with Gasteiger partial charge in [0.25, 0.3) is 5.92 Å². The number of benzene rings is 1. The van der Waals surface area contributed by atoms with E-state index in [1.54, 1.807) is 28.9 Å². The molecular weight excluding hydrogens is 666 g/mol. The van der Waals surface area contributed by atoms with Crippen LogP contribution in [0.2, 0.25) is 5.02 Å². The Bertz CT molecular complexity index is 1960. The summed E-state index contributed by atoms with van der Waals surface area (Å²) in [6.07, 6.45) is -3.43. The molecule has 10 nitrogen and oxygen atoms in total. The smallest absolute Gasteiger partial charge is 0.418 e. The molecule has 0 bridgehead atoms. The molecule has 0 aliphatic carbocycles. The SMILES string of the molecule is Cc1cc(N)nc(-c2c(Cl)c3c4c(nc(OC[C@]56CCN5CC(F)(F)C6)nc4c2F)N([C@H](C)c2cccnc2N)CCO3)c1C(F)(F)F. The molecule has 48 heavy (non-hydrogen) atoms. The molecule has 2 saturated heterocycles. The average molecular weight is 695 g/mol. The summed E-state index contributed by atoms with van der Waals surface area (Å²) in [4.78, 5) is 20.3. The Balaban J connectivity index is 1.45. The van der Waals surface area contributed by atoms with Crippen LogP contribution in [-0.4, -0.2) is 69.1 Å². The molecule has 254 valence electrons. The minimum Gasteiger partial charge on any atom is -0.489 e. The molecule has 4 aromatic rings. The highest BCUT2D eigenvalue weighted by Crippen LogP contribution is 2.52. The number of fused-ring (bicyclic) bond motifs is 1. The quantitative estimate of drug-likeness (QED) is 0.226. The summed E-state index contributed by atoms with van der Waals surface area (Å²) >= 11 is 6.73. The molecule has 4 N–H and O–H groups in total. The standard InChI is InChI=1S/C31H29ClF6N8O2/c1-14-10-17(39)42-23(20(14)31(36,37)38)18-21(32)25-19-24(22(18)33)43-28(48-13-29-5-7-45(29)12-30(34,35)11-29)44-27(19)46(8-9-47-25)15(2)16-4-3-6-41-26(16)40/h3-4,6,10,15H,5,7-9,11-13H2,1-2H3,(H2,39,42)(H2,40,41)/t15-,29-/m1/s1. The lowest BCUT2D eigenvalue weighted by molar-refractivity contribution is -0.137. The zero-order chi connectivity index (χ0) is 34.3. The van der Waals surface area contributed by atoms with Crippen LogP contribution in [-0.2, 0) is 6.18 Å². The topological polar surface area (TPSA) is 129 Å². The molecular formula is C31H29ClF6N8O2. The lowest BCUT2D eigenvalue weighted by Crippen LogP contribution is -2.59. The Hall–Kier alpha value is -4.31. The van der Waals surface area contributed by atoms with Crippen molar-refractivity contribution in [2.24, 2.45) is 0 Å². The molecule has 3 aromatic heterocycles. The highest BCUT2D eigenvalue weighted by molar-refractivity contribution is 6.36. The number of nitrogen functional groups attached to an aromatic ring is 2. The first-order chi connectivity index (χ1) is 22.6. The van der Waals surface area contributed by atoms with Crippen molar-refractivity contribution in [1.82, 2.24) is 24.8 Å². The van der Waals surface area contributed by atoms with Gasteiger partial charge in [-0.1, -0.05) is 17.7 Å². The van der Waals surface area contributed by atoms with Gasteiger partial charge in [0.1, 0.15) is 36.2 Å². The number of aryl methyl sites for hydroxylation is 1. The van der Waals surface area contributed by atoms with Crippen molar-refractivity contribution in [3.63, 3.8) is 0 Å². The van der Waals surface area contributed by atoms with Crippen molar-refractivity contribution < 1.29 is 35.8 Å². The number of alkyl halides is 5. The fourth-order valence-corrected chi connectivity index (χ4v) is 7.35. The minimum atomic E-state index is -4.96. The summed E-state index contributed by atoms with van der Waals surface area (Å²) in [5.74, 6) is -4.33. The highest BCUT2D eigenvalue weighted by atomic mass is 35.5.